The minimum atomic E-state index is -0.401. The van der Waals surface area contributed by atoms with Crippen LogP contribution in [0.2, 0.25) is 0 Å². The summed E-state index contributed by atoms with van der Waals surface area (Å²) in [4.78, 5) is 23.1. The van der Waals surface area contributed by atoms with Gasteiger partial charge in [0.2, 0.25) is 6.79 Å². The van der Waals surface area contributed by atoms with Gasteiger partial charge in [0, 0.05) is 19.2 Å². The molecule has 8 nitrogen and oxygen atoms in total. The van der Waals surface area contributed by atoms with Gasteiger partial charge in [-0.3, -0.25) is 9.59 Å². The molecule has 0 aliphatic carbocycles. The third-order valence-corrected chi connectivity index (χ3v) is 3.31. The molecular weight excluding hydrogens is 326 g/mol. The zero-order chi connectivity index (χ0) is 17.6. The van der Waals surface area contributed by atoms with E-state index in [1.807, 2.05) is 0 Å². The molecule has 0 radical (unpaired) electrons. The zero-order valence-electron chi connectivity index (χ0n) is 13.4. The molecule has 0 spiro atoms. The van der Waals surface area contributed by atoms with E-state index in [1.54, 1.807) is 18.2 Å². The Labute approximate surface area is 143 Å². The maximum Gasteiger partial charge on any atom is 0.272 e. The van der Waals surface area contributed by atoms with Crippen molar-refractivity contribution in [3.8, 4) is 29.1 Å². The number of rotatable bonds is 4. The SMILES string of the molecule is Cn1nc(C(=O)NCC#CCOc2ccc3c(c2)OCO3)ccc1=O. The number of aromatic nitrogens is 2. The van der Waals surface area contributed by atoms with E-state index in [-0.39, 0.29) is 31.2 Å². The van der Waals surface area contributed by atoms with E-state index in [0.29, 0.717) is 17.2 Å². The summed E-state index contributed by atoms with van der Waals surface area (Å²) in [5, 5.41) is 6.45. The number of fused-ring (bicyclic) bond motifs is 1. The Morgan fingerprint density at radius 2 is 2.12 bits per heavy atom. The lowest BCUT2D eigenvalue weighted by Crippen LogP contribution is -2.28. The first kappa shape index (κ1) is 16.4. The number of nitrogens with one attached hydrogen (secondary N) is 1. The van der Waals surface area contributed by atoms with Crippen molar-refractivity contribution in [2.24, 2.45) is 7.05 Å². The summed E-state index contributed by atoms with van der Waals surface area (Å²) in [7, 11) is 1.48. The third-order valence-electron chi connectivity index (χ3n) is 3.31. The molecular formula is C17H15N3O5. The molecule has 25 heavy (non-hydrogen) atoms. The molecule has 128 valence electrons. The summed E-state index contributed by atoms with van der Waals surface area (Å²) in [6.45, 7) is 0.532. The average Bonchev–Trinajstić information content (AvgIpc) is 3.08. The highest BCUT2D eigenvalue weighted by atomic mass is 16.7. The molecule has 0 bridgehead atoms. The number of nitrogens with zero attached hydrogens (tertiary/aromatic N) is 2. The molecule has 1 aromatic carbocycles. The summed E-state index contributed by atoms with van der Waals surface area (Å²) in [5.41, 5.74) is -0.127. The molecule has 1 N–H and O–H groups in total. The summed E-state index contributed by atoms with van der Waals surface area (Å²) in [5.74, 6) is 7.12. The Morgan fingerprint density at radius 1 is 1.28 bits per heavy atom. The molecule has 1 amide bonds. The fourth-order valence-electron chi connectivity index (χ4n) is 2.04. The molecule has 0 saturated heterocycles. The van der Waals surface area contributed by atoms with Gasteiger partial charge < -0.3 is 19.5 Å². The van der Waals surface area contributed by atoms with Gasteiger partial charge >= 0.3 is 0 Å². The van der Waals surface area contributed by atoms with Gasteiger partial charge in [-0.2, -0.15) is 5.10 Å². The van der Waals surface area contributed by atoms with Gasteiger partial charge in [0.05, 0.1) is 6.54 Å². The number of amides is 1. The van der Waals surface area contributed by atoms with Crippen molar-refractivity contribution in [3.63, 3.8) is 0 Å². The molecule has 0 fully saturated rings. The third kappa shape index (κ3) is 4.09. The van der Waals surface area contributed by atoms with E-state index in [0.717, 1.165) is 4.68 Å². The predicted octanol–water partition coefficient (Wildman–Crippen LogP) is 0.321. The molecule has 8 heteroatoms. The van der Waals surface area contributed by atoms with E-state index < -0.39 is 5.91 Å². The Bertz CT molecular complexity index is 910. The Kier molecular flexibility index (Phi) is 4.85. The fraction of sp³-hybridized carbons (Fsp3) is 0.235. The van der Waals surface area contributed by atoms with Crippen LogP contribution in [-0.4, -0.2) is 35.6 Å². The molecule has 1 aliphatic rings. The number of hydrogen-bond donors (Lipinski definition) is 1. The number of ether oxygens (including phenoxy) is 3. The van der Waals surface area contributed by atoms with Gasteiger partial charge in [-0.05, 0) is 18.2 Å². The number of aryl methyl sites for hydroxylation is 1. The lowest BCUT2D eigenvalue weighted by Gasteiger charge is -2.03. The average molecular weight is 341 g/mol. The van der Waals surface area contributed by atoms with Gasteiger partial charge in [-0.15, -0.1) is 0 Å². The predicted molar refractivity (Wildman–Crippen MR) is 87.6 cm³/mol. The normalized spacial score (nSPS) is 11.4. The molecule has 0 saturated carbocycles. The molecule has 3 rings (SSSR count). The standard InChI is InChI=1S/C17H15N3O5/c1-20-16(21)7-5-13(19-20)17(22)18-8-2-3-9-23-12-4-6-14-15(10-12)25-11-24-14/h4-7,10H,8-9,11H2,1H3,(H,18,22). The summed E-state index contributed by atoms with van der Waals surface area (Å²) >= 11 is 0. The van der Waals surface area contributed by atoms with Crippen molar-refractivity contribution >= 4 is 5.91 Å². The molecule has 0 unspecified atom stereocenters. The van der Waals surface area contributed by atoms with Gasteiger partial charge in [0.1, 0.15) is 18.1 Å². The van der Waals surface area contributed by atoms with Crippen LogP contribution in [0.25, 0.3) is 0 Å². The Balaban J connectivity index is 1.44. The van der Waals surface area contributed by atoms with Gasteiger partial charge in [0.15, 0.2) is 11.5 Å². The van der Waals surface area contributed by atoms with E-state index >= 15 is 0 Å². The van der Waals surface area contributed by atoms with Crippen LogP contribution >= 0.6 is 0 Å². The molecule has 1 aromatic heterocycles. The van der Waals surface area contributed by atoms with Crippen molar-refractivity contribution in [3.05, 3.63) is 46.4 Å². The Hall–Kier alpha value is -3.47. The van der Waals surface area contributed by atoms with Gasteiger partial charge in [-0.25, -0.2) is 4.68 Å². The number of carbonyl (C=O) groups excluding carboxylic acids is 1. The highest BCUT2D eigenvalue weighted by Crippen LogP contribution is 2.34. The largest absolute Gasteiger partial charge is 0.481 e. The fourth-order valence-corrected chi connectivity index (χ4v) is 2.04. The monoisotopic (exact) mass is 341 g/mol. The van der Waals surface area contributed by atoms with Gasteiger partial charge in [-0.1, -0.05) is 11.8 Å². The van der Waals surface area contributed by atoms with Crippen molar-refractivity contribution < 1.29 is 19.0 Å². The minimum absolute atomic E-state index is 0.147. The maximum atomic E-state index is 11.9. The second kappa shape index (κ2) is 7.40. The number of benzene rings is 1. The highest BCUT2D eigenvalue weighted by molar-refractivity contribution is 5.92. The van der Waals surface area contributed by atoms with E-state index in [1.165, 1.54) is 19.2 Å². The first-order valence-electron chi connectivity index (χ1n) is 7.44. The second-order valence-corrected chi connectivity index (χ2v) is 5.02. The molecule has 2 heterocycles. The zero-order valence-corrected chi connectivity index (χ0v) is 13.4. The molecule has 2 aromatic rings. The second-order valence-electron chi connectivity index (χ2n) is 5.02. The van der Waals surface area contributed by atoms with E-state index in [4.69, 9.17) is 14.2 Å². The van der Waals surface area contributed by atoms with Crippen LogP contribution in [0.5, 0.6) is 17.2 Å². The molecule has 0 atom stereocenters. The van der Waals surface area contributed by atoms with Crippen LogP contribution in [0.3, 0.4) is 0 Å². The summed E-state index contributed by atoms with van der Waals surface area (Å²) < 4.78 is 17.0. The summed E-state index contributed by atoms with van der Waals surface area (Å²) in [6.07, 6.45) is 0. The van der Waals surface area contributed by atoms with Crippen molar-refractivity contribution in [2.75, 3.05) is 19.9 Å². The lowest BCUT2D eigenvalue weighted by molar-refractivity contribution is 0.0951. The Morgan fingerprint density at radius 3 is 2.96 bits per heavy atom. The van der Waals surface area contributed by atoms with Crippen LogP contribution in [-0.2, 0) is 7.05 Å². The van der Waals surface area contributed by atoms with Crippen LogP contribution in [0.1, 0.15) is 10.5 Å². The minimum Gasteiger partial charge on any atom is -0.481 e. The van der Waals surface area contributed by atoms with Crippen LogP contribution in [0, 0.1) is 11.8 Å². The van der Waals surface area contributed by atoms with Crippen molar-refractivity contribution in [2.45, 2.75) is 0 Å². The highest BCUT2D eigenvalue weighted by Gasteiger charge is 2.13. The molecule has 1 aliphatic heterocycles. The number of hydrogen-bond acceptors (Lipinski definition) is 6. The first-order valence-corrected chi connectivity index (χ1v) is 7.44. The summed E-state index contributed by atoms with van der Waals surface area (Å²) in [6, 6.07) is 7.92. The van der Waals surface area contributed by atoms with Crippen LogP contribution < -0.4 is 25.1 Å². The van der Waals surface area contributed by atoms with E-state index in [9.17, 15) is 9.59 Å². The number of carbonyl (C=O) groups is 1. The van der Waals surface area contributed by atoms with Crippen molar-refractivity contribution in [1.29, 1.82) is 0 Å². The first-order chi connectivity index (χ1) is 12.1. The smallest absolute Gasteiger partial charge is 0.272 e. The van der Waals surface area contributed by atoms with E-state index in [2.05, 4.69) is 22.3 Å². The maximum absolute atomic E-state index is 11.9. The van der Waals surface area contributed by atoms with Gasteiger partial charge in [0.25, 0.3) is 11.5 Å². The topological polar surface area (TPSA) is 91.7 Å². The lowest BCUT2D eigenvalue weighted by atomic mass is 10.3. The van der Waals surface area contributed by atoms with Crippen molar-refractivity contribution in [1.82, 2.24) is 15.1 Å². The van der Waals surface area contributed by atoms with Crippen LogP contribution in [0.4, 0.5) is 0 Å². The van der Waals surface area contributed by atoms with Crippen LogP contribution in [0.15, 0.2) is 35.1 Å². The quantitative estimate of drug-likeness (QED) is 0.806.